The molecule has 17 heavy (non-hydrogen) atoms. The zero-order valence-electron chi connectivity index (χ0n) is 9.15. The highest BCUT2D eigenvalue weighted by Gasteiger charge is 2.35. The summed E-state index contributed by atoms with van der Waals surface area (Å²) >= 11 is 5.80. The number of alkyl halides is 3. The van der Waals surface area contributed by atoms with Crippen LogP contribution in [0, 0.1) is 0 Å². The van der Waals surface area contributed by atoms with Gasteiger partial charge in [-0.05, 0) is 49.1 Å². The lowest BCUT2D eigenvalue weighted by Gasteiger charge is -2.26. The van der Waals surface area contributed by atoms with E-state index in [2.05, 4.69) is 5.32 Å². The molecule has 1 aromatic carbocycles. The number of rotatable bonds is 1. The van der Waals surface area contributed by atoms with Crippen LogP contribution < -0.4 is 5.32 Å². The molecule has 0 bridgehead atoms. The van der Waals surface area contributed by atoms with Crippen molar-refractivity contribution in [1.29, 1.82) is 0 Å². The van der Waals surface area contributed by atoms with Gasteiger partial charge in [0.05, 0.1) is 5.56 Å². The molecule has 0 unspecified atom stereocenters. The fourth-order valence-corrected chi connectivity index (χ4v) is 2.43. The largest absolute Gasteiger partial charge is 0.416 e. The summed E-state index contributed by atoms with van der Waals surface area (Å²) in [6, 6.07) is 3.82. The second-order valence-electron chi connectivity index (χ2n) is 4.27. The predicted octanol–water partition coefficient (Wildman–Crippen LogP) is 3.83. The standard InChI is InChI=1S/C12H13ClF3N/c13-9-3-4-11(12(14,15)16)10(6-9)8-2-1-5-17-7-8/h3-4,6,8,17H,1-2,5,7H2/t8-/m1/s1. The molecule has 0 aromatic heterocycles. The smallest absolute Gasteiger partial charge is 0.316 e. The van der Waals surface area contributed by atoms with Crippen molar-refractivity contribution in [3.8, 4) is 0 Å². The Balaban J connectivity index is 2.39. The summed E-state index contributed by atoms with van der Waals surface area (Å²) in [5.41, 5.74) is -0.243. The van der Waals surface area contributed by atoms with E-state index in [0.717, 1.165) is 25.5 Å². The zero-order chi connectivity index (χ0) is 12.5. The van der Waals surface area contributed by atoms with Gasteiger partial charge in [0.2, 0.25) is 0 Å². The molecule has 0 radical (unpaired) electrons. The Labute approximate surface area is 103 Å². The van der Waals surface area contributed by atoms with E-state index in [-0.39, 0.29) is 5.92 Å². The molecule has 1 fully saturated rings. The molecular weight excluding hydrogens is 251 g/mol. The average molecular weight is 264 g/mol. The van der Waals surface area contributed by atoms with Crippen LogP contribution in [0.3, 0.4) is 0 Å². The lowest BCUT2D eigenvalue weighted by atomic mass is 9.88. The number of benzene rings is 1. The third-order valence-corrected chi connectivity index (χ3v) is 3.29. The highest BCUT2D eigenvalue weighted by Crippen LogP contribution is 2.38. The van der Waals surface area contributed by atoms with Crippen LogP contribution in [-0.4, -0.2) is 13.1 Å². The van der Waals surface area contributed by atoms with Gasteiger partial charge in [-0.1, -0.05) is 11.6 Å². The van der Waals surface area contributed by atoms with Crippen LogP contribution in [0.25, 0.3) is 0 Å². The minimum atomic E-state index is -4.31. The van der Waals surface area contributed by atoms with Crippen molar-refractivity contribution in [2.75, 3.05) is 13.1 Å². The number of hydrogen-bond donors (Lipinski definition) is 1. The summed E-state index contributed by atoms with van der Waals surface area (Å²) in [5, 5.41) is 3.48. The van der Waals surface area contributed by atoms with Crippen molar-refractivity contribution in [3.05, 3.63) is 34.3 Å². The molecule has 1 heterocycles. The topological polar surface area (TPSA) is 12.0 Å². The van der Waals surface area contributed by atoms with Crippen molar-refractivity contribution < 1.29 is 13.2 Å². The van der Waals surface area contributed by atoms with Crippen LogP contribution in [0.1, 0.15) is 29.9 Å². The van der Waals surface area contributed by atoms with Gasteiger partial charge in [-0.2, -0.15) is 13.2 Å². The first kappa shape index (κ1) is 12.7. The second-order valence-corrected chi connectivity index (χ2v) is 4.71. The second kappa shape index (κ2) is 4.86. The summed E-state index contributed by atoms with van der Waals surface area (Å²) in [4.78, 5) is 0. The van der Waals surface area contributed by atoms with Gasteiger partial charge in [0.1, 0.15) is 0 Å². The summed E-state index contributed by atoms with van der Waals surface area (Å²) in [7, 11) is 0. The molecule has 1 nitrogen and oxygen atoms in total. The Bertz CT molecular complexity index is 397. The fraction of sp³-hybridized carbons (Fsp3) is 0.500. The van der Waals surface area contributed by atoms with E-state index in [1.54, 1.807) is 0 Å². The van der Waals surface area contributed by atoms with Gasteiger partial charge in [-0.25, -0.2) is 0 Å². The number of nitrogens with one attached hydrogen (secondary N) is 1. The van der Waals surface area contributed by atoms with Crippen molar-refractivity contribution in [2.45, 2.75) is 24.9 Å². The summed E-state index contributed by atoms with van der Waals surface area (Å²) < 4.78 is 38.6. The van der Waals surface area contributed by atoms with Crippen molar-refractivity contribution in [2.24, 2.45) is 0 Å². The first-order valence-electron chi connectivity index (χ1n) is 5.56. The van der Waals surface area contributed by atoms with Crippen molar-refractivity contribution in [3.63, 3.8) is 0 Å². The maximum atomic E-state index is 12.9. The van der Waals surface area contributed by atoms with E-state index >= 15 is 0 Å². The van der Waals surface area contributed by atoms with Crippen molar-refractivity contribution >= 4 is 11.6 Å². The van der Waals surface area contributed by atoms with Crippen LogP contribution in [0.5, 0.6) is 0 Å². The third-order valence-electron chi connectivity index (χ3n) is 3.06. The predicted molar refractivity (Wildman–Crippen MR) is 61.3 cm³/mol. The van der Waals surface area contributed by atoms with Crippen LogP contribution in [-0.2, 0) is 6.18 Å². The quantitative estimate of drug-likeness (QED) is 0.812. The highest BCUT2D eigenvalue weighted by atomic mass is 35.5. The highest BCUT2D eigenvalue weighted by molar-refractivity contribution is 6.30. The lowest BCUT2D eigenvalue weighted by Crippen LogP contribution is -2.29. The molecular formula is C12H13ClF3N. The number of piperidine rings is 1. The van der Waals surface area contributed by atoms with E-state index in [1.165, 1.54) is 12.1 Å². The fourth-order valence-electron chi connectivity index (χ4n) is 2.25. The monoisotopic (exact) mass is 263 g/mol. The SMILES string of the molecule is FC(F)(F)c1ccc(Cl)cc1[C@@H]1CCCNC1. The molecule has 0 spiro atoms. The van der Waals surface area contributed by atoms with Gasteiger partial charge in [0, 0.05) is 11.6 Å². The normalized spacial score (nSPS) is 21.5. The van der Waals surface area contributed by atoms with Gasteiger partial charge in [-0.15, -0.1) is 0 Å². The van der Waals surface area contributed by atoms with Crippen LogP contribution in [0.15, 0.2) is 18.2 Å². The van der Waals surface area contributed by atoms with Crippen molar-refractivity contribution in [1.82, 2.24) is 5.32 Å². The lowest BCUT2D eigenvalue weighted by molar-refractivity contribution is -0.138. The van der Waals surface area contributed by atoms with Gasteiger partial charge in [0.25, 0.3) is 0 Å². The summed E-state index contributed by atoms with van der Waals surface area (Å²) in [6.45, 7) is 1.46. The van der Waals surface area contributed by atoms with E-state index in [4.69, 9.17) is 11.6 Å². The first-order chi connectivity index (χ1) is 7.98. The Hall–Kier alpha value is -0.740. The molecule has 94 valence electrons. The zero-order valence-corrected chi connectivity index (χ0v) is 9.91. The minimum absolute atomic E-state index is 0.0981. The molecule has 0 amide bonds. The summed E-state index contributed by atoms with van der Waals surface area (Å²) in [5.74, 6) is -0.0981. The molecule has 5 heteroatoms. The Morgan fingerprint density at radius 3 is 2.65 bits per heavy atom. The van der Waals surface area contributed by atoms with E-state index in [0.29, 0.717) is 17.1 Å². The molecule has 1 aliphatic rings. The van der Waals surface area contributed by atoms with E-state index < -0.39 is 11.7 Å². The van der Waals surface area contributed by atoms with Gasteiger partial charge >= 0.3 is 6.18 Å². The van der Waals surface area contributed by atoms with Gasteiger partial charge in [-0.3, -0.25) is 0 Å². The first-order valence-corrected chi connectivity index (χ1v) is 5.93. The molecule has 1 aliphatic heterocycles. The van der Waals surface area contributed by atoms with E-state index in [1.807, 2.05) is 0 Å². The van der Waals surface area contributed by atoms with Gasteiger partial charge < -0.3 is 5.32 Å². The molecule has 2 rings (SSSR count). The average Bonchev–Trinajstić information content (AvgIpc) is 2.28. The number of halogens is 4. The summed E-state index contributed by atoms with van der Waals surface area (Å²) in [6.07, 6.45) is -2.64. The molecule has 0 aliphatic carbocycles. The minimum Gasteiger partial charge on any atom is -0.316 e. The van der Waals surface area contributed by atoms with Crippen LogP contribution >= 0.6 is 11.6 Å². The molecule has 1 atom stereocenters. The Morgan fingerprint density at radius 2 is 2.06 bits per heavy atom. The molecule has 1 N–H and O–H groups in total. The van der Waals surface area contributed by atoms with Crippen LogP contribution in [0.2, 0.25) is 5.02 Å². The Morgan fingerprint density at radius 1 is 1.29 bits per heavy atom. The molecule has 1 saturated heterocycles. The molecule has 0 saturated carbocycles. The van der Waals surface area contributed by atoms with Crippen LogP contribution in [0.4, 0.5) is 13.2 Å². The third kappa shape index (κ3) is 2.93. The Kier molecular flexibility index (Phi) is 3.64. The number of hydrogen-bond acceptors (Lipinski definition) is 1. The van der Waals surface area contributed by atoms with E-state index in [9.17, 15) is 13.2 Å². The maximum Gasteiger partial charge on any atom is 0.416 e. The maximum absolute atomic E-state index is 12.9. The molecule has 1 aromatic rings. The van der Waals surface area contributed by atoms with Gasteiger partial charge in [0.15, 0.2) is 0 Å².